The van der Waals surface area contributed by atoms with Gasteiger partial charge in [0.15, 0.2) is 0 Å². The third-order valence-corrected chi connectivity index (χ3v) is 5.11. The number of carbonyl (C=O) groups is 1. The number of hydrogen-bond acceptors (Lipinski definition) is 5. The van der Waals surface area contributed by atoms with E-state index in [0.717, 1.165) is 10.1 Å². The Labute approximate surface area is 122 Å². The summed E-state index contributed by atoms with van der Waals surface area (Å²) in [5.74, 6) is -0.388. The Morgan fingerprint density at radius 3 is 2.95 bits per heavy atom. The number of carbonyl (C=O) groups excluding carboxylic acids is 1. The van der Waals surface area contributed by atoms with E-state index < -0.39 is 0 Å². The fraction of sp³-hybridized carbons (Fsp3) is 0.214. The number of ether oxygens (including phenoxy) is 1. The Bertz CT molecular complexity index is 701. The summed E-state index contributed by atoms with van der Waals surface area (Å²) in [7, 11) is 0. The van der Waals surface area contributed by atoms with Crippen molar-refractivity contribution in [1.82, 2.24) is 4.98 Å². The SMILES string of the molecule is CCOC(=O)c1[se]c(-c2ccc(O)c(C#N)c2)nc1C. The molecule has 0 aliphatic heterocycles. The fourth-order valence-electron chi connectivity index (χ4n) is 1.66. The van der Waals surface area contributed by atoms with E-state index in [1.54, 1.807) is 26.0 Å². The molecule has 20 heavy (non-hydrogen) atoms. The van der Waals surface area contributed by atoms with Gasteiger partial charge in [-0.15, -0.1) is 0 Å². The third-order valence-electron chi connectivity index (χ3n) is 2.62. The molecule has 6 heteroatoms. The Hall–Kier alpha value is -2.09. The first-order valence-electron chi connectivity index (χ1n) is 5.94. The molecule has 1 N–H and O–H groups in total. The summed E-state index contributed by atoms with van der Waals surface area (Å²) < 4.78 is 6.35. The van der Waals surface area contributed by atoms with Crippen LogP contribution in [0, 0.1) is 18.3 Å². The second-order valence-corrected chi connectivity index (χ2v) is 6.09. The van der Waals surface area contributed by atoms with Crippen LogP contribution in [0.4, 0.5) is 0 Å². The van der Waals surface area contributed by atoms with Crippen molar-refractivity contribution in [3.8, 4) is 22.0 Å². The second-order valence-electron chi connectivity index (χ2n) is 4.00. The van der Waals surface area contributed by atoms with Crippen LogP contribution in [-0.4, -0.2) is 37.2 Å². The molecule has 2 aromatic rings. The zero-order valence-corrected chi connectivity index (χ0v) is 12.7. The number of aryl methyl sites for hydroxylation is 1. The Balaban J connectivity index is 2.42. The molecule has 0 saturated carbocycles. The molecule has 0 unspecified atom stereocenters. The molecule has 0 radical (unpaired) electrons. The Morgan fingerprint density at radius 2 is 2.30 bits per heavy atom. The number of phenolic OH excluding ortho intramolecular Hbond substituents is 1. The molecule has 0 fully saturated rings. The summed E-state index contributed by atoms with van der Waals surface area (Å²) in [6, 6.07) is 6.66. The van der Waals surface area contributed by atoms with Crippen molar-refractivity contribution in [3.05, 3.63) is 33.9 Å². The van der Waals surface area contributed by atoms with Gasteiger partial charge in [-0.1, -0.05) is 0 Å². The molecule has 2 rings (SSSR count). The predicted molar refractivity (Wildman–Crippen MR) is 73.7 cm³/mol. The van der Waals surface area contributed by atoms with Crippen LogP contribution in [-0.2, 0) is 4.74 Å². The van der Waals surface area contributed by atoms with Gasteiger partial charge in [0.25, 0.3) is 0 Å². The van der Waals surface area contributed by atoms with Gasteiger partial charge < -0.3 is 0 Å². The maximum absolute atomic E-state index is 11.8. The molecule has 0 aliphatic rings. The molecule has 1 aromatic carbocycles. The number of phenols is 1. The van der Waals surface area contributed by atoms with Gasteiger partial charge >= 0.3 is 122 Å². The normalized spacial score (nSPS) is 10.1. The fourth-order valence-corrected chi connectivity index (χ4v) is 3.67. The van der Waals surface area contributed by atoms with Crippen molar-refractivity contribution in [2.45, 2.75) is 13.8 Å². The van der Waals surface area contributed by atoms with Crippen molar-refractivity contribution >= 4 is 20.5 Å². The van der Waals surface area contributed by atoms with E-state index in [-0.39, 0.29) is 31.8 Å². The van der Waals surface area contributed by atoms with Gasteiger partial charge in [0.05, 0.1) is 0 Å². The van der Waals surface area contributed by atoms with E-state index >= 15 is 0 Å². The monoisotopic (exact) mass is 336 g/mol. The minimum absolute atomic E-state index is 0.0577. The van der Waals surface area contributed by atoms with Crippen LogP contribution in [0.2, 0.25) is 0 Å². The van der Waals surface area contributed by atoms with Gasteiger partial charge in [0, 0.05) is 0 Å². The maximum atomic E-state index is 11.8. The molecule has 102 valence electrons. The standard InChI is InChI=1S/C14H12N2O3Se/c1-3-19-14(18)12-8(2)16-13(20-12)9-4-5-11(17)10(6-9)7-15/h4-6,17H,3H2,1-2H3. The van der Waals surface area contributed by atoms with Crippen molar-refractivity contribution in [2.75, 3.05) is 6.61 Å². The molecule has 0 spiro atoms. The van der Waals surface area contributed by atoms with Crippen molar-refractivity contribution in [3.63, 3.8) is 0 Å². The Morgan fingerprint density at radius 1 is 1.55 bits per heavy atom. The van der Waals surface area contributed by atoms with Crippen LogP contribution in [0.3, 0.4) is 0 Å². The topological polar surface area (TPSA) is 83.2 Å². The predicted octanol–water partition coefficient (Wildman–Crippen LogP) is 1.87. The third kappa shape index (κ3) is 2.74. The van der Waals surface area contributed by atoms with Crippen molar-refractivity contribution in [1.29, 1.82) is 5.26 Å². The number of aromatic nitrogens is 1. The second kappa shape index (κ2) is 5.91. The van der Waals surface area contributed by atoms with Crippen LogP contribution < -0.4 is 0 Å². The number of aromatic hydroxyl groups is 1. The average Bonchev–Trinajstić information content (AvgIpc) is 2.82. The minimum atomic E-state index is -0.331. The summed E-state index contributed by atoms with van der Waals surface area (Å²) >= 11 is -0.250. The van der Waals surface area contributed by atoms with E-state index in [4.69, 9.17) is 10.00 Å². The first-order chi connectivity index (χ1) is 9.56. The molecule has 0 atom stereocenters. The van der Waals surface area contributed by atoms with Gasteiger partial charge in [-0.3, -0.25) is 0 Å². The van der Waals surface area contributed by atoms with Crippen LogP contribution in [0.1, 0.15) is 27.4 Å². The van der Waals surface area contributed by atoms with Gasteiger partial charge in [0.2, 0.25) is 0 Å². The van der Waals surface area contributed by atoms with Gasteiger partial charge in [0.1, 0.15) is 0 Å². The van der Waals surface area contributed by atoms with E-state index in [2.05, 4.69) is 4.98 Å². The van der Waals surface area contributed by atoms with Crippen LogP contribution >= 0.6 is 0 Å². The average molecular weight is 335 g/mol. The van der Waals surface area contributed by atoms with E-state index in [1.807, 2.05) is 6.07 Å². The zero-order valence-electron chi connectivity index (χ0n) is 11.0. The van der Waals surface area contributed by atoms with Crippen LogP contribution in [0.15, 0.2) is 18.2 Å². The number of hydrogen-bond donors (Lipinski definition) is 1. The summed E-state index contributed by atoms with van der Waals surface area (Å²) in [5, 5.41) is 18.4. The zero-order chi connectivity index (χ0) is 14.7. The van der Waals surface area contributed by atoms with E-state index in [9.17, 15) is 9.90 Å². The molecule has 0 amide bonds. The summed E-state index contributed by atoms with van der Waals surface area (Å²) in [6.45, 7) is 3.86. The summed E-state index contributed by atoms with van der Waals surface area (Å²) in [4.78, 5) is 16.2. The first-order valence-corrected chi connectivity index (χ1v) is 7.66. The van der Waals surface area contributed by atoms with Gasteiger partial charge in [-0.05, 0) is 0 Å². The molecular formula is C14H12N2O3Se. The number of benzene rings is 1. The molecule has 1 aromatic heterocycles. The van der Waals surface area contributed by atoms with Crippen molar-refractivity contribution < 1.29 is 14.6 Å². The number of nitriles is 1. The van der Waals surface area contributed by atoms with Gasteiger partial charge in [-0.2, -0.15) is 0 Å². The quantitative estimate of drug-likeness (QED) is 0.684. The summed E-state index contributed by atoms with van der Waals surface area (Å²) in [5.41, 5.74) is 1.60. The molecule has 0 bridgehead atoms. The van der Waals surface area contributed by atoms with E-state index in [0.29, 0.717) is 16.7 Å². The Kier molecular flexibility index (Phi) is 4.23. The molecular weight excluding hydrogens is 323 g/mol. The number of rotatable bonds is 3. The van der Waals surface area contributed by atoms with Gasteiger partial charge in [-0.25, -0.2) is 0 Å². The molecule has 0 aliphatic carbocycles. The molecule has 1 heterocycles. The molecule has 5 nitrogen and oxygen atoms in total. The van der Waals surface area contributed by atoms with Crippen LogP contribution in [0.5, 0.6) is 5.75 Å². The first kappa shape index (κ1) is 14.3. The summed E-state index contributed by atoms with van der Waals surface area (Å²) in [6.07, 6.45) is 0. The van der Waals surface area contributed by atoms with Crippen molar-refractivity contribution in [2.24, 2.45) is 0 Å². The van der Waals surface area contributed by atoms with E-state index in [1.165, 1.54) is 6.07 Å². The number of nitrogens with zero attached hydrogens (tertiary/aromatic N) is 2. The van der Waals surface area contributed by atoms with Crippen LogP contribution in [0.25, 0.3) is 10.1 Å². The number of esters is 1. The molecule has 0 saturated heterocycles.